The van der Waals surface area contributed by atoms with E-state index < -0.39 is 11.2 Å². The van der Waals surface area contributed by atoms with E-state index in [-0.39, 0.29) is 18.0 Å². The monoisotopic (exact) mass is 514 g/mol. The Kier molecular flexibility index (Phi) is 8.11. The molecule has 0 aliphatic carbocycles. The van der Waals surface area contributed by atoms with Crippen molar-refractivity contribution in [1.82, 2.24) is 4.57 Å². The van der Waals surface area contributed by atoms with Gasteiger partial charge in [-0.05, 0) is 49.2 Å². The van der Waals surface area contributed by atoms with Crippen molar-refractivity contribution in [3.8, 4) is 17.2 Å². The first kappa shape index (κ1) is 26.5. The number of hydrogen-bond donors (Lipinski definition) is 1. The predicted octanol–water partition coefficient (Wildman–Crippen LogP) is 4.85. The highest BCUT2D eigenvalue weighted by atomic mass is 16.5. The van der Waals surface area contributed by atoms with Gasteiger partial charge in [0, 0.05) is 23.5 Å². The van der Waals surface area contributed by atoms with Gasteiger partial charge >= 0.3 is 0 Å². The Morgan fingerprint density at radius 1 is 0.895 bits per heavy atom. The Balaban J connectivity index is 1.73. The van der Waals surface area contributed by atoms with E-state index in [9.17, 15) is 14.4 Å². The second-order valence-electron chi connectivity index (χ2n) is 8.61. The summed E-state index contributed by atoms with van der Waals surface area (Å²) in [7, 11) is 3.05. The summed E-state index contributed by atoms with van der Waals surface area (Å²) in [6.45, 7) is 4.17. The van der Waals surface area contributed by atoms with Crippen molar-refractivity contribution in [2.75, 3.05) is 26.1 Å². The van der Waals surface area contributed by atoms with E-state index in [4.69, 9.17) is 14.2 Å². The van der Waals surface area contributed by atoms with E-state index in [1.54, 1.807) is 53.1 Å². The molecule has 1 N–H and O–H groups in total. The highest BCUT2D eigenvalue weighted by molar-refractivity contribution is 6.10. The first-order valence-electron chi connectivity index (χ1n) is 12.3. The van der Waals surface area contributed by atoms with Crippen molar-refractivity contribution in [3.63, 3.8) is 0 Å². The fraction of sp³-hybridized carbons (Fsp3) is 0.233. The molecule has 0 spiro atoms. The van der Waals surface area contributed by atoms with Crippen molar-refractivity contribution < 1.29 is 23.8 Å². The van der Waals surface area contributed by atoms with Gasteiger partial charge in [-0.2, -0.15) is 0 Å². The zero-order valence-electron chi connectivity index (χ0n) is 21.9. The Morgan fingerprint density at radius 2 is 1.63 bits per heavy atom. The van der Waals surface area contributed by atoms with E-state index in [0.29, 0.717) is 46.0 Å². The number of fused-ring (bicyclic) bond motifs is 1. The minimum absolute atomic E-state index is 0.0192. The van der Waals surface area contributed by atoms with E-state index >= 15 is 0 Å². The lowest BCUT2D eigenvalue weighted by Crippen LogP contribution is -2.24. The van der Waals surface area contributed by atoms with Crippen LogP contribution in [0.15, 0.2) is 71.7 Å². The number of aryl methyl sites for hydroxylation is 1. The van der Waals surface area contributed by atoms with Crippen LogP contribution >= 0.6 is 0 Å². The molecule has 1 heterocycles. The number of anilines is 1. The average Bonchev–Trinajstić information content (AvgIpc) is 2.94. The van der Waals surface area contributed by atoms with E-state index in [1.807, 2.05) is 26.0 Å². The highest BCUT2D eigenvalue weighted by Crippen LogP contribution is 2.30. The quantitative estimate of drug-likeness (QED) is 0.304. The van der Waals surface area contributed by atoms with Crippen LogP contribution in [0.4, 0.5) is 5.69 Å². The van der Waals surface area contributed by atoms with Gasteiger partial charge < -0.3 is 24.1 Å². The number of nitrogens with zero attached hydrogens (tertiary/aromatic N) is 1. The molecular formula is C30H30N2O6. The molecular weight excluding hydrogens is 484 g/mol. The van der Waals surface area contributed by atoms with Crippen LogP contribution in [0.5, 0.6) is 17.2 Å². The summed E-state index contributed by atoms with van der Waals surface area (Å²) in [5, 5.41) is 3.13. The largest absolute Gasteiger partial charge is 0.494 e. The maximum Gasteiger partial charge on any atom is 0.244 e. The molecule has 0 saturated carbocycles. The van der Waals surface area contributed by atoms with Crippen LogP contribution in [0.3, 0.4) is 0 Å². The minimum Gasteiger partial charge on any atom is -0.494 e. The fourth-order valence-electron chi connectivity index (χ4n) is 4.24. The van der Waals surface area contributed by atoms with Gasteiger partial charge in [-0.1, -0.05) is 31.2 Å². The summed E-state index contributed by atoms with van der Waals surface area (Å²) in [6.07, 6.45) is 2.29. The molecule has 196 valence electrons. The van der Waals surface area contributed by atoms with Gasteiger partial charge in [0.2, 0.25) is 11.3 Å². The summed E-state index contributed by atoms with van der Waals surface area (Å²) >= 11 is 0. The predicted molar refractivity (Wildman–Crippen MR) is 147 cm³/mol. The zero-order chi connectivity index (χ0) is 27.2. The van der Waals surface area contributed by atoms with Gasteiger partial charge in [0.1, 0.15) is 12.3 Å². The van der Waals surface area contributed by atoms with Crippen LogP contribution in [-0.4, -0.2) is 37.1 Å². The number of aromatic nitrogens is 1. The topological polar surface area (TPSA) is 95.9 Å². The van der Waals surface area contributed by atoms with Crippen molar-refractivity contribution in [2.24, 2.45) is 0 Å². The van der Waals surface area contributed by atoms with E-state index in [2.05, 4.69) is 5.32 Å². The lowest BCUT2D eigenvalue weighted by atomic mass is 10.0. The molecule has 1 aromatic heterocycles. The number of nitrogens with one attached hydrogen (secondary N) is 1. The molecule has 0 saturated heterocycles. The fourth-order valence-corrected chi connectivity index (χ4v) is 4.24. The van der Waals surface area contributed by atoms with Gasteiger partial charge in [-0.25, -0.2) is 0 Å². The number of rotatable bonds is 10. The molecule has 4 rings (SSSR count). The Bertz CT molecular complexity index is 1540. The van der Waals surface area contributed by atoms with Crippen LogP contribution in [0, 0.1) is 0 Å². The average molecular weight is 515 g/mol. The molecule has 38 heavy (non-hydrogen) atoms. The van der Waals surface area contributed by atoms with Gasteiger partial charge in [0.25, 0.3) is 0 Å². The summed E-state index contributed by atoms with van der Waals surface area (Å²) in [6, 6.07) is 17.3. The van der Waals surface area contributed by atoms with Gasteiger partial charge in [0.05, 0.1) is 37.3 Å². The minimum atomic E-state index is -0.414. The molecule has 1 amide bonds. The molecule has 0 aliphatic rings. The number of ketones is 1. The lowest BCUT2D eigenvalue weighted by molar-refractivity contribution is -0.116. The van der Waals surface area contributed by atoms with E-state index in [0.717, 1.165) is 12.0 Å². The summed E-state index contributed by atoms with van der Waals surface area (Å²) in [5.74, 6) is 0.772. The number of pyridine rings is 1. The number of hydrogen-bond acceptors (Lipinski definition) is 6. The molecule has 0 aliphatic heterocycles. The first-order valence-corrected chi connectivity index (χ1v) is 12.3. The second kappa shape index (κ2) is 11.6. The van der Waals surface area contributed by atoms with Gasteiger partial charge in [-0.15, -0.1) is 0 Å². The van der Waals surface area contributed by atoms with Crippen molar-refractivity contribution in [2.45, 2.75) is 26.8 Å². The number of carbonyl (C=O) groups is 2. The van der Waals surface area contributed by atoms with Crippen LogP contribution in [0.2, 0.25) is 0 Å². The summed E-state index contributed by atoms with van der Waals surface area (Å²) < 4.78 is 17.8. The number of benzene rings is 3. The molecule has 0 atom stereocenters. The third-order valence-electron chi connectivity index (χ3n) is 6.21. The summed E-state index contributed by atoms with van der Waals surface area (Å²) in [5.41, 5.74) is 2.09. The molecule has 8 heteroatoms. The number of carbonyl (C=O) groups excluding carboxylic acids is 2. The molecule has 0 fully saturated rings. The van der Waals surface area contributed by atoms with Crippen molar-refractivity contribution in [1.29, 1.82) is 0 Å². The Labute approximate surface area is 220 Å². The second-order valence-corrected chi connectivity index (χ2v) is 8.61. The smallest absolute Gasteiger partial charge is 0.244 e. The Hall–Kier alpha value is -4.59. The third kappa shape index (κ3) is 5.54. The van der Waals surface area contributed by atoms with Crippen molar-refractivity contribution >= 4 is 28.3 Å². The number of methoxy groups -OCH3 is 2. The molecule has 0 unspecified atom stereocenters. The summed E-state index contributed by atoms with van der Waals surface area (Å²) in [4.78, 5) is 39.9. The maximum absolute atomic E-state index is 13.5. The first-order chi connectivity index (χ1) is 18.4. The standard InChI is InChI=1S/C30H30N2O6/c1-5-19-7-9-20(10-8-19)29(34)24-17-32(25-13-12-22(38-6-2)16-23(25)30(24)35)18-28(33)31-21-11-14-26(36-3)27(15-21)37-4/h7-17H,5-6,18H2,1-4H3,(H,31,33). The molecule has 0 radical (unpaired) electrons. The van der Waals surface area contributed by atoms with Crippen LogP contribution in [0.1, 0.15) is 35.3 Å². The number of amides is 1. The third-order valence-corrected chi connectivity index (χ3v) is 6.21. The number of ether oxygens (including phenoxy) is 3. The SMILES string of the molecule is CCOc1ccc2c(c1)c(=O)c(C(=O)c1ccc(CC)cc1)cn2CC(=O)Nc1ccc(OC)c(OC)c1. The van der Waals surface area contributed by atoms with Crippen molar-refractivity contribution in [3.05, 3.63) is 93.8 Å². The van der Waals surface area contributed by atoms with Gasteiger partial charge in [0.15, 0.2) is 17.3 Å². The molecule has 4 aromatic rings. The molecule has 3 aromatic carbocycles. The molecule has 0 bridgehead atoms. The normalized spacial score (nSPS) is 10.7. The zero-order valence-corrected chi connectivity index (χ0v) is 21.9. The Morgan fingerprint density at radius 3 is 2.29 bits per heavy atom. The van der Waals surface area contributed by atoms with Gasteiger partial charge in [-0.3, -0.25) is 14.4 Å². The van der Waals surface area contributed by atoms with E-state index in [1.165, 1.54) is 20.4 Å². The van der Waals surface area contributed by atoms with Crippen LogP contribution < -0.4 is 25.0 Å². The highest BCUT2D eigenvalue weighted by Gasteiger charge is 2.19. The van der Waals surface area contributed by atoms with Crippen LogP contribution in [-0.2, 0) is 17.8 Å². The molecule has 8 nitrogen and oxygen atoms in total. The lowest BCUT2D eigenvalue weighted by Gasteiger charge is -2.15. The maximum atomic E-state index is 13.5. The van der Waals surface area contributed by atoms with Crippen LogP contribution in [0.25, 0.3) is 10.9 Å².